The van der Waals surface area contributed by atoms with Crippen LogP contribution in [-0.2, 0) is 12.0 Å². The zero-order chi connectivity index (χ0) is 21.6. The summed E-state index contributed by atoms with van der Waals surface area (Å²) < 4.78 is 7.30. The van der Waals surface area contributed by atoms with Crippen LogP contribution >= 0.6 is 0 Å². The smallest absolute Gasteiger partial charge is 0.272 e. The van der Waals surface area contributed by atoms with Gasteiger partial charge in [0.1, 0.15) is 5.69 Å². The van der Waals surface area contributed by atoms with Gasteiger partial charge in [0.15, 0.2) is 5.82 Å². The van der Waals surface area contributed by atoms with Gasteiger partial charge in [-0.1, -0.05) is 23.4 Å². The normalized spacial score (nSPS) is 22.7. The average molecular weight is 420 g/mol. The molecular formula is C22H24N6O3. The monoisotopic (exact) mass is 420 g/mol. The molecule has 2 amide bonds. The minimum atomic E-state index is -0.571. The van der Waals surface area contributed by atoms with Crippen LogP contribution in [0.5, 0.6) is 0 Å². The van der Waals surface area contributed by atoms with Gasteiger partial charge in [0.2, 0.25) is 5.89 Å². The number of aryl methyl sites for hydroxylation is 2. The largest absolute Gasteiger partial charge is 0.339 e. The topological polar surface area (TPSA) is 97.4 Å². The molecular weight excluding hydrogens is 396 g/mol. The molecule has 2 fully saturated rings. The van der Waals surface area contributed by atoms with Crippen LogP contribution in [-0.4, -0.2) is 67.7 Å². The number of carbonyl (C=O) groups excluding carboxylic acids is 2. The summed E-state index contributed by atoms with van der Waals surface area (Å²) in [5, 5.41) is 8.21. The van der Waals surface area contributed by atoms with E-state index in [2.05, 4.69) is 15.2 Å². The number of amides is 2. The van der Waals surface area contributed by atoms with Crippen molar-refractivity contribution in [1.82, 2.24) is 29.7 Å². The first-order valence-electron chi connectivity index (χ1n) is 10.5. The summed E-state index contributed by atoms with van der Waals surface area (Å²) in [6.07, 6.45) is 1.64. The Morgan fingerprint density at radius 2 is 1.81 bits per heavy atom. The van der Waals surface area contributed by atoms with Crippen molar-refractivity contribution in [1.29, 1.82) is 0 Å². The SMILES string of the molecule is CCn1nccc1C(=O)N1C[C@H]2CN(C(=O)c3ccccc3)C[C@@]2(c2nc(C)no2)C1. The van der Waals surface area contributed by atoms with E-state index in [-0.39, 0.29) is 17.7 Å². The lowest BCUT2D eigenvalue weighted by atomic mass is 9.81. The van der Waals surface area contributed by atoms with Crippen molar-refractivity contribution in [3.63, 3.8) is 0 Å². The maximum atomic E-state index is 13.3. The van der Waals surface area contributed by atoms with Crippen LogP contribution in [0.4, 0.5) is 0 Å². The minimum absolute atomic E-state index is 0.0157. The fourth-order valence-corrected chi connectivity index (χ4v) is 4.87. The Bertz CT molecular complexity index is 1120. The molecule has 2 atom stereocenters. The molecule has 2 aliphatic heterocycles. The number of carbonyl (C=O) groups is 2. The molecule has 2 saturated heterocycles. The number of rotatable bonds is 4. The highest BCUT2D eigenvalue weighted by Crippen LogP contribution is 2.45. The maximum Gasteiger partial charge on any atom is 0.272 e. The Kier molecular flexibility index (Phi) is 4.60. The molecule has 5 rings (SSSR count). The summed E-state index contributed by atoms with van der Waals surface area (Å²) in [7, 11) is 0. The molecule has 1 aromatic carbocycles. The average Bonchev–Trinajstić information content (AvgIpc) is 3.55. The van der Waals surface area contributed by atoms with Gasteiger partial charge < -0.3 is 14.3 Å². The Morgan fingerprint density at radius 3 is 2.45 bits per heavy atom. The molecule has 9 heteroatoms. The van der Waals surface area contributed by atoms with Crippen molar-refractivity contribution >= 4 is 11.8 Å². The Morgan fingerprint density at radius 1 is 1.10 bits per heavy atom. The Balaban J connectivity index is 1.45. The highest BCUT2D eigenvalue weighted by atomic mass is 16.5. The van der Waals surface area contributed by atoms with Gasteiger partial charge >= 0.3 is 0 Å². The van der Waals surface area contributed by atoms with E-state index >= 15 is 0 Å². The van der Waals surface area contributed by atoms with Gasteiger partial charge in [-0.2, -0.15) is 10.1 Å². The fourth-order valence-electron chi connectivity index (χ4n) is 4.87. The summed E-state index contributed by atoms with van der Waals surface area (Å²) in [5.74, 6) is 0.974. The highest BCUT2D eigenvalue weighted by molar-refractivity contribution is 5.95. The molecule has 0 bridgehead atoms. The van der Waals surface area contributed by atoms with Crippen molar-refractivity contribution in [3.8, 4) is 0 Å². The first-order valence-corrected chi connectivity index (χ1v) is 10.5. The first kappa shape index (κ1) is 19.5. The van der Waals surface area contributed by atoms with E-state index in [1.165, 1.54) is 0 Å². The van der Waals surface area contributed by atoms with Crippen LogP contribution in [0.1, 0.15) is 39.5 Å². The van der Waals surface area contributed by atoms with Crippen LogP contribution in [0.15, 0.2) is 47.1 Å². The van der Waals surface area contributed by atoms with Gasteiger partial charge in [0.25, 0.3) is 11.8 Å². The van der Waals surface area contributed by atoms with Crippen LogP contribution in [0.25, 0.3) is 0 Å². The van der Waals surface area contributed by atoms with Crippen molar-refractivity contribution in [2.75, 3.05) is 26.2 Å². The molecule has 2 aliphatic rings. The third kappa shape index (κ3) is 3.11. The zero-order valence-corrected chi connectivity index (χ0v) is 17.6. The fraction of sp³-hybridized carbons (Fsp3) is 0.409. The van der Waals surface area contributed by atoms with Crippen molar-refractivity contribution in [2.24, 2.45) is 5.92 Å². The van der Waals surface area contributed by atoms with Crippen molar-refractivity contribution in [2.45, 2.75) is 25.8 Å². The summed E-state index contributed by atoms with van der Waals surface area (Å²) >= 11 is 0. The van der Waals surface area contributed by atoms with E-state index in [4.69, 9.17) is 4.52 Å². The Labute approximate surface area is 179 Å². The van der Waals surface area contributed by atoms with Crippen LogP contribution in [0.3, 0.4) is 0 Å². The van der Waals surface area contributed by atoms with Gasteiger partial charge in [0.05, 0.1) is 5.41 Å². The highest BCUT2D eigenvalue weighted by Gasteiger charge is 2.59. The van der Waals surface area contributed by atoms with Gasteiger partial charge in [-0.15, -0.1) is 0 Å². The number of benzene rings is 1. The van der Waals surface area contributed by atoms with Crippen LogP contribution in [0.2, 0.25) is 0 Å². The molecule has 0 spiro atoms. The van der Waals surface area contributed by atoms with Gasteiger partial charge in [-0.25, -0.2) is 0 Å². The molecule has 2 aromatic heterocycles. The molecule has 0 radical (unpaired) electrons. The van der Waals surface area contributed by atoms with Gasteiger partial charge in [-0.05, 0) is 32.0 Å². The molecule has 0 N–H and O–H groups in total. The summed E-state index contributed by atoms with van der Waals surface area (Å²) in [6.45, 7) is 6.27. The number of hydrogen-bond donors (Lipinski definition) is 0. The Hall–Kier alpha value is -3.49. The van der Waals surface area contributed by atoms with Gasteiger partial charge in [0, 0.05) is 50.4 Å². The van der Waals surface area contributed by atoms with Crippen molar-refractivity contribution in [3.05, 3.63) is 65.6 Å². The predicted molar refractivity (Wildman–Crippen MR) is 110 cm³/mol. The predicted octanol–water partition coefficient (Wildman–Crippen LogP) is 1.76. The van der Waals surface area contributed by atoms with Crippen LogP contribution < -0.4 is 0 Å². The van der Waals surface area contributed by atoms with E-state index in [0.29, 0.717) is 55.7 Å². The second-order valence-corrected chi connectivity index (χ2v) is 8.27. The lowest BCUT2D eigenvalue weighted by Crippen LogP contribution is -2.41. The first-order chi connectivity index (χ1) is 15.0. The zero-order valence-electron chi connectivity index (χ0n) is 17.6. The summed E-state index contributed by atoms with van der Waals surface area (Å²) in [4.78, 5) is 34.5. The number of fused-ring (bicyclic) bond motifs is 1. The van der Waals surface area contributed by atoms with E-state index < -0.39 is 5.41 Å². The number of hydrogen-bond acceptors (Lipinski definition) is 6. The number of aromatic nitrogens is 4. The number of likely N-dealkylation sites (tertiary alicyclic amines) is 2. The van der Waals surface area contributed by atoms with Crippen molar-refractivity contribution < 1.29 is 14.1 Å². The lowest BCUT2D eigenvalue weighted by Gasteiger charge is -2.26. The molecule has 9 nitrogen and oxygen atoms in total. The molecule has 3 aromatic rings. The molecule has 160 valence electrons. The van der Waals surface area contributed by atoms with E-state index in [0.717, 1.165) is 0 Å². The second kappa shape index (κ2) is 7.33. The number of nitrogens with zero attached hydrogens (tertiary/aromatic N) is 6. The van der Waals surface area contributed by atoms with Gasteiger partial charge in [-0.3, -0.25) is 14.3 Å². The molecule has 0 unspecified atom stereocenters. The third-order valence-electron chi connectivity index (χ3n) is 6.39. The standard InChI is InChI=1S/C22H24N6O3/c1-3-28-18(9-10-23-28)20(30)27-12-17-11-26(19(29)16-7-5-4-6-8-16)13-22(17,14-27)21-24-15(2)25-31-21/h4-10,17H,3,11-14H2,1-2H3/t17-,22-/m1/s1. The third-order valence-corrected chi connectivity index (χ3v) is 6.39. The lowest BCUT2D eigenvalue weighted by molar-refractivity contribution is 0.0720. The van der Waals surface area contributed by atoms with E-state index in [9.17, 15) is 9.59 Å². The molecule has 0 aliphatic carbocycles. The maximum absolute atomic E-state index is 13.3. The minimum Gasteiger partial charge on any atom is -0.339 e. The van der Waals surface area contributed by atoms with Crippen LogP contribution in [0, 0.1) is 12.8 Å². The quantitative estimate of drug-likeness (QED) is 0.638. The van der Waals surface area contributed by atoms with E-state index in [1.807, 2.05) is 47.1 Å². The second-order valence-electron chi connectivity index (χ2n) is 8.27. The summed E-state index contributed by atoms with van der Waals surface area (Å²) in [5.41, 5.74) is 0.647. The molecule has 0 saturated carbocycles. The molecule has 4 heterocycles. The summed E-state index contributed by atoms with van der Waals surface area (Å²) in [6, 6.07) is 11.0. The molecule has 31 heavy (non-hydrogen) atoms. The van der Waals surface area contributed by atoms with E-state index in [1.54, 1.807) is 23.9 Å².